The SMILES string of the molecule is CCOc1ccc(CN(C)C(=O)CN2C(=O)N[C@@](C)(c3ccc(C)cc3)C2=O)cc1. The number of ether oxygens (including phenoxy) is 1. The van der Waals surface area contributed by atoms with Crippen molar-refractivity contribution in [2.45, 2.75) is 32.9 Å². The standard InChI is InChI=1S/C23H27N3O4/c1-5-30-19-12-8-17(9-13-19)14-25(4)20(27)15-26-21(28)23(3,24-22(26)29)18-10-6-16(2)7-11-18/h6-13H,5,14-15H2,1-4H3,(H,24,29)/t23-/m0/s1. The Bertz CT molecular complexity index is 940. The van der Waals surface area contributed by atoms with Crippen LogP contribution in [0, 0.1) is 6.92 Å². The number of carbonyl (C=O) groups excluding carboxylic acids is 3. The van der Waals surface area contributed by atoms with E-state index in [1.165, 1.54) is 4.90 Å². The second kappa shape index (κ2) is 8.57. The Labute approximate surface area is 176 Å². The number of rotatable bonds is 7. The molecule has 0 aromatic heterocycles. The van der Waals surface area contributed by atoms with Gasteiger partial charge in [-0.05, 0) is 44.0 Å². The van der Waals surface area contributed by atoms with Gasteiger partial charge in [-0.25, -0.2) is 4.79 Å². The first-order valence-corrected chi connectivity index (χ1v) is 9.91. The van der Waals surface area contributed by atoms with Crippen molar-refractivity contribution in [2.24, 2.45) is 0 Å². The van der Waals surface area contributed by atoms with Gasteiger partial charge in [-0.1, -0.05) is 42.0 Å². The second-order valence-corrected chi connectivity index (χ2v) is 7.64. The number of benzene rings is 2. The highest BCUT2D eigenvalue weighted by molar-refractivity contribution is 6.09. The molecule has 1 aliphatic heterocycles. The van der Waals surface area contributed by atoms with E-state index in [1.54, 1.807) is 14.0 Å². The molecular formula is C23H27N3O4. The lowest BCUT2D eigenvalue weighted by atomic mass is 9.91. The van der Waals surface area contributed by atoms with Crippen molar-refractivity contribution in [3.63, 3.8) is 0 Å². The summed E-state index contributed by atoms with van der Waals surface area (Å²) in [7, 11) is 1.65. The third kappa shape index (κ3) is 4.30. The molecule has 1 fully saturated rings. The van der Waals surface area contributed by atoms with Crippen LogP contribution in [0.15, 0.2) is 48.5 Å². The highest BCUT2D eigenvalue weighted by Crippen LogP contribution is 2.29. The predicted molar refractivity (Wildman–Crippen MR) is 113 cm³/mol. The van der Waals surface area contributed by atoms with Gasteiger partial charge in [0.2, 0.25) is 5.91 Å². The summed E-state index contributed by atoms with van der Waals surface area (Å²) in [5, 5.41) is 2.73. The normalized spacial score (nSPS) is 18.3. The van der Waals surface area contributed by atoms with Crippen molar-refractivity contribution >= 4 is 17.8 Å². The first-order chi connectivity index (χ1) is 14.2. The van der Waals surface area contributed by atoms with E-state index in [-0.39, 0.29) is 12.5 Å². The summed E-state index contributed by atoms with van der Waals surface area (Å²) in [5.41, 5.74) is 1.49. The van der Waals surface area contributed by atoms with Gasteiger partial charge < -0.3 is 15.0 Å². The first-order valence-electron chi connectivity index (χ1n) is 9.91. The lowest BCUT2D eigenvalue weighted by molar-refractivity contribution is -0.138. The zero-order chi connectivity index (χ0) is 21.9. The maximum Gasteiger partial charge on any atom is 0.325 e. The molecule has 0 radical (unpaired) electrons. The Morgan fingerprint density at radius 1 is 1.10 bits per heavy atom. The molecule has 0 bridgehead atoms. The number of aryl methyl sites for hydroxylation is 1. The van der Waals surface area contributed by atoms with Gasteiger partial charge in [0.15, 0.2) is 0 Å². The number of likely N-dealkylation sites (N-methyl/N-ethyl adjacent to an activating group) is 1. The Morgan fingerprint density at radius 3 is 2.33 bits per heavy atom. The summed E-state index contributed by atoms with van der Waals surface area (Å²) >= 11 is 0. The fraction of sp³-hybridized carbons (Fsp3) is 0.348. The van der Waals surface area contributed by atoms with Crippen molar-refractivity contribution in [2.75, 3.05) is 20.2 Å². The van der Waals surface area contributed by atoms with Gasteiger partial charge in [0, 0.05) is 13.6 Å². The summed E-state index contributed by atoms with van der Waals surface area (Å²) in [6.07, 6.45) is 0. The topological polar surface area (TPSA) is 79.0 Å². The molecule has 3 rings (SSSR count). The number of imide groups is 1. The minimum absolute atomic E-state index is 0.306. The van der Waals surface area contributed by atoms with Crippen LogP contribution in [0.2, 0.25) is 0 Å². The smallest absolute Gasteiger partial charge is 0.325 e. The van der Waals surface area contributed by atoms with Gasteiger partial charge in [0.05, 0.1) is 6.61 Å². The minimum atomic E-state index is -1.18. The molecule has 7 nitrogen and oxygen atoms in total. The molecular weight excluding hydrogens is 382 g/mol. The Morgan fingerprint density at radius 2 is 1.73 bits per heavy atom. The average molecular weight is 409 g/mol. The van der Waals surface area contributed by atoms with E-state index in [9.17, 15) is 14.4 Å². The van der Waals surface area contributed by atoms with E-state index >= 15 is 0 Å². The number of urea groups is 1. The van der Waals surface area contributed by atoms with Crippen LogP contribution < -0.4 is 10.1 Å². The monoisotopic (exact) mass is 409 g/mol. The van der Waals surface area contributed by atoms with Crippen LogP contribution in [0.3, 0.4) is 0 Å². The van der Waals surface area contributed by atoms with Crippen LogP contribution in [-0.4, -0.2) is 47.8 Å². The Kier molecular flexibility index (Phi) is 6.10. The van der Waals surface area contributed by atoms with Crippen LogP contribution in [0.4, 0.5) is 4.79 Å². The fourth-order valence-corrected chi connectivity index (χ4v) is 3.40. The van der Waals surface area contributed by atoms with E-state index in [2.05, 4.69) is 5.32 Å². The van der Waals surface area contributed by atoms with Crippen molar-refractivity contribution in [1.29, 1.82) is 0 Å². The molecule has 7 heteroatoms. The van der Waals surface area contributed by atoms with Crippen LogP contribution in [0.5, 0.6) is 5.75 Å². The molecule has 1 atom stereocenters. The van der Waals surface area contributed by atoms with Crippen molar-refractivity contribution < 1.29 is 19.1 Å². The summed E-state index contributed by atoms with van der Waals surface area (Å²) in [6, 6.07) is 14.3. The third-order valence-corrected chi connectivity index (χ3v) is 5.28. The van der Waals surface area contributed by atoms with Gasteiger partial charge in [0.25, 0.3) is 5.91 Å². The molecule has 2 aromatic rings. The molecule has 0 unspecified atom stereocenters. The van der Waals surface area contributed by atoms with Gasteiger partial charge in [-0.3, -0.25) is 14.5 Å². The van der Waals surface area contributed by atoms with Crippen molar-refractivity contribution in [3.05, 3.63) is 65.2 Å². The number of carbonyl (C=O) groups is 3. The van der Waals surface area contributed by atoms with Gasteiger partial charge >= 0.3 is 6.03 Å². The van der Waals surface area contributed by atoms with E-state index in [0.29, 0.717) is 18.7 Å². The van der Waals surface area contributed by atoms with Crippen molar-refractivity contribution in [1.82, 2.24) is 15.1 Å². The van der Waals surface area contributed by atoms with E-state index in [1.807, 2.05) is 62.4 Å². The highest BCUT2D eigenvalue weighted by atomic mass is 16.5. The number of hydrogen-bond donors (Lipinski definition) is 1. The molecule has 30 heavy (non-hydrogen) atoms. The van der Waals surface area contributed by atoms with Gasteiger partial charge in [-0.2, -0.15) is 0 Å². The molecule has 1 saturated heterocycles. The molecule has 0 saturated carbocycles. The largest absolute Gasteiger partial charge is 0.494 e. The van der Waals surface area contributed by atoms with Gasteiger partial charge in [-0.15, -0.1) is 0 Å². The number of nitrogens with zero attached hydrogens (tertiary/aromatic N) is 2. The maximum absolute atomic E-state index is 13.0. The molecule has 1 heterocycles. The zero-order valence-electron chi connectivity index (χ0n) is 17.8. The highest BCUT2D eigenvalue weighted by Gasteiger charge is 2.49. The molecule has 1 N–H and O–H groups in total. The molecule has 0 aliphatic carbocycles. The summed E-state index contributed by atoms with van der Waals surface area (Å²) in [6.45, 7) is 6.17. The van der Waals surface area contributed by atoms with Gasteiger partial charge in [0.1, 0.15) is 17.8 Å². The zero-order valence-corrected chi connectivity index (χ0v) is 17.8. The maximum atomic E-state index is 13.0. The lowest BCUT2D eigenvalue weighted by Crippen LogP contribution is -2.43. The molecule has 2 aromatic carbocycles. The van der Waals surface area contributed by atoms with Crippen LogP contribution >= 0.6 is 0 Å². The summed E-state index contributed by atoms with van der Waals surface area (Å²) in [5.74, 6) is 0.0182. The number of amides is 4. The molecule has 1 aliphatic rings. The van der Waals surface area contributed by atoms with E-state index in [4.69, 9.17) is 4.74 Å². The second-order valence-electron chi connectivity index (χ2n) is 7.64. The lowest BCUT2D eigenvalue weighted by Gasteiger charge is -2.23. The molecule has 158 valence electrons. The van der Waals surface area contributed by atoms with Crippen LogP contribution in [-0.2, 0) is 21.7 Å². The summed E-state index contributed by atoms with van der Waals surface area (Å²) < 4.78 is 5.42. The van der Waals surface area contributed by atoms with E-state index < -0.39 is 17.5 Å². The number of nitrogens with one attached hydrogen (secondary N) is 1. The third-order valence-electron chi connectivity index (χ3n) is 5.28. The minimum Gasteiger partial charge on any atom is -0.494 e. The van der Waals surface area contributed by atoms with Crippen LogP contribution in [0.25, 0.3) is 0 Å². The van der Waals surface area contributed by atoms with Crippen molar-refractivity contribution in [3.8, 4) is 5.75 Å². The summed E-state index contributed by atoms with van der Waals surface area (Å²) in [4.78, 5) is 40.6. The first kappa shape index (κ1) is 21.4. The molecule has 0 spiro atoms. The van der Waals surface area contributed by atoms with E-state index in [0.717, 1.165) is 21.8 Å². The quantitative estimate of drug-likeness (QED) is 0.714. The Hall–Kier alpha value is -3.35. The van der Waals surface area contributed by atoms with Crippen LogP contribution in [0.1, 0.15) is 30.5 Å². The fourth-order valence-electron chi connectivity index (χ4n) is 3.40. The average Bonchev–Trinajstić information content (AvgIpc) is 2.94. The number of hydrogen-bond acceptors (Lipinski definition) is 4. The Balaban J connectivity index is 1.66. The molecule has 4 amide bonds. The predicted octanol–water partition coefficient (Wildman–Crippen LogP) is 2.82.